The Labute approximate surface area is 201 Å². The van der Waals surface area contributed by atoms with Crippen LogP contribution in [0.2, 0.25) is 5.02 Å². The molecule has 0 radical (unpaired) electrons. The van der Waals surface area contributed by atoms with E-state index >= 15 is 0 Å². The molecular formula is C21H20ClF3N4O6. The summed E-state index contributed by atoms with van der Waals surface area (Å²) >= 11 is 6.06. The molecule has 1 heterocycles. The Balaban J connectivity index is 1.72. The predicted octanol–water partition coefficient (Wildman–Crippen LogP) is 2.72. The Bertz CT molecular complexity index is 1160. The third-order valence-corrected chi connectivity index (χ3v) is 5.11. The number of carbonyl (C=O) groups excluding carboxylic acids is 1. The minimum absolute atomic E-state index is 0.00675. The zero-order chi connectivity index (χ0) is 25.8. The lowest BCUT2D eigenvalue weighted by Crippen LogP contribution is -2.44. The first kappa shape index (κ1) is 26.2. The Hall–Kier alpha value is -3.36. The number of hydrogen-bond acceptors (Lipinski definition) is 8. The normalized spacial score (nSPS) is 13.3. The van der Waals surface area contributed by atoms with Crippen molar-refractivity contribution in [3.63, 3.8) is 0 Å². The molecule has 3 aromatic rings. The van der Waals surface area contributed by atoms with Crippen molar-refractivity contribution in [1.82, 2.24) is 15.1 Å². The molecule has 0 aliphatic carbocycles. The lowest BCUT2D eigenvalue weighted by Gasteiger charge is -2.23. The van der Waals surface area contributed by atoms with E-state index in [4.69, 9.17) is 26.8 Å². The molecule has 1 amide bonds. The van der Waals surface area contributed by atoms with Gasteiger partial charge in [0.2, 0.25) is 5.88 Å². The largest absolute Gasteiger partial charge is 0.467 e. The number of alkyl halides is 3. The molecule has 0 saturated carbocycles. The fraction of sp³-hybridized carbons (Fsp3) is 0.238. The molecule has 2 aromatic carbocycles. The summed E-state index contributed by atoms with van der Waals surface area (Å²) in [5, 5.41) is 43.8. The van der Waals surface area contributed by atoms with Crippen LogP contribution in [0.1, 0.15) is 17.4 Å². The fourth-order valence-electron chi connectivity index (χ4n) is 3.05. The average molecular weight is 517 g/mol. The predicted molar refractivity (Wildman–Crippen MR) is 116 cm³/mol. The van der Waals surface area contributed by atoms with Crippen LogP contribution in [0.15, 0.2) is 54.6 Å². The molecule has 0 bridgehead atoms. The van der Waals surface area contributed by atoms with Gasteiger partial charge in [-0.2, -0.15) is 23.0 Å². The molecule has 1 unspecified atom stereocenters. The SMILES string of the molecule is O=C(COc1cc(C(F)(F)F)nn1-c1ccccc1Cl)NC(CO)[C@@H](O)c1ccc(N(O)O)cc1. The van der Waals surface area contributed by atoms with Gasteiger partial charge in [0.25, 0.3) is 5.91 Å². The van der Waals surface area contributed by atoms with E-state index in [0.717, 1.165) is 4.68 Å². The first-order valence-corrected chi connectivity index (χ1v) is 10.3. The number of ether oxygens (including phenoxy) is 1. The van der Waals surface area contributed by atoms with Gasteiger partial charge in [0.05, 0.1) is 29.0 Å². The molecule has 2 atom stereocenters. The second-order valence-corrected chi connectivity index (χ2v) is 7.61. The van der Waals surface area contributed by atoms with Crippen molar-refractivity contribution >= 4 is 23.2 Å². The second-order valence-electron chi connectivity index (χ2n) is 7.20. The Morgan fingerprint density at radius 3 is 2.40 bits per heavy atom. The van der Waals surface area contributed by atoms with Crippen LogP contribution in [0, 0.1) is 0 Å². The number of benzene rings is 2. The Morgan fingerprint density at radius 1 is 1.17 bits per heavy atom. The van der Waals surface area contributed by atoms with Crippen molar-refractivity contribution in [3.8, 4) is 11.6 Å². The highest BCUT2D eigenvalue weighted by atomic mass is 35.5. The van der Waals surface area contributed by atoms with Crippen LogP contribution in [0.5, 0.6) is 5.88 Å². The molecule has 0 spiro atoms. The number of anilines is 1. The highest BCUT2D eigenvalue weighted by Crippen LogP contribution is 2.33. The summed E-state index contributed by atoms with van der Waals surface area (Å²) in [4.78, 5) is 12.4. The smallest absolute Gasteiger partial charge is 0.435 e. The zero-order valence-electron chi connectivity index (χ0n) is 17.7. The van der Waals surface area contributed by atoms with Gasteiger partial charge in [0, 0.05) is 6.07 Å². The molecular weight excluding hydrogens is 497 g/mol. The molecule has 3 rings (SSSR count). The Kier molecular flexibility index (Phi) is 8.19. The van der Waals surface area contributed by atoms with E-state index in [9.17, 15) is 28.2 Å². The van der Waals surface area contributed by atoms with Crippen LogP contribution < -0.4 is 15.3 Å². The van der Waals surface area contributed by atoms with Crippen molar-refractivity contribution < 1.29 is 43.3 Å². The van der Waals surface area contributed by atoms with Gasteiger partial charge in [-0.3, -0.25) is 15.2 Å². The fourth-order valence-corrected chi connectivity index (χ4v) is 3.27. The van der Waals surface area contributed by atoms with E-state index in [2.05, 4.69) is 10.4 Å². The van der Waals surface area contributed by atoms with Gasteiger partial charge in [-0.05, 0) is 29.8 Å². The maximum absolute atomic E-state index is 13.2. The third kappa shape index (κ3) is 6.41. The average Bonchev–Trinajstić information content (AvgIpc) is 3.26. The number of aliphatic hydroxyl groups is 2. The van der Waals surface area contributed by atoms with Gasteiger partial charge in [-0.1, -0.05) is 35.9 Å². The lowest BCUT2D eigenvalue weighted by atomic mass is 10.0. The number of rotatable bonds is 9. The van der Waals surface area contributed by atoms with Gasteiger partial charge >= 0.3 is 6.18 Å². The Morgan fingerprint density at radius 2 is 1.83 bits per heavy atom. The number of nitrogens with one attached hydrogen (secondary N) is 1. The maximum atomic E-state index is 13.2. The van der Waals surface area contributed by atoms with Crippen molar-refractivity contribution in [3.05, 3.63) is 70.9 Å². The first-order chi connectivity index (χ1) is 16.5. The van der Waals surface area contributed by atoms with Crippen molar-refractivity contribution in [1.29, 1.82) is 0 Å². The van der Waals surface area contributed by atoms with E-state index in [1.54, 1.807) is 6.07 Å². The second kappa shape index (κ2) is 10.9. The van der Waals surface area contributed by atoms with E-state index in [1.165, 1.54) is 42.5 Å². The minimum atomic E-state index is -4.78. The molecule has 0 aliphatic heterocycles. The van der Waals surface area contributed by atoms with Crippen LogP contribution in [0.25, 0.3) is 5.69 Å². The quantitative estimate of drug-likeness (QED) is 0.273. The van der Waals surface area contributed by atoms with Crippen LogP contribution in [0.3, 0.4) is 0 Å². The monoisotopic (exact) mass is 516 g/mol. The summed E-state index contributed by atoms with van der Waals surface area (Å²) in [6.45, 7) is -1.45. The molecule has 0 fully saturated rings. The number of carbonyl (C=O) groups is 1. The molecule has 14 heteroatoms. The number of halogens is 4. The standard InChI is InChI=1S/C21H20ClF3N4O6/c22-14-3-1-2-4-16(14)28-19(9-17(27-28)21(23,24)25)35-11-18(31)26-15(10-30)20(32)12-5-7-13(8-6-12)29(33)34/h1-9,15,20,30,32-34H,10-11H2,(H,26,31)/t15?,20-/m0/s1. The van der Waals surface area contributed by atoms with E-state index in [-0.39, 0.29) is 27.2 Å². The lowest BCUT2D eigenvalue weighted by molar-refractivity contribution is -0.141. The molecule has 35 heavy (non-hydrogen) atoms. The number of aliphatic hydroxyl groups excluding tert-OH is 2. The van der Waals surface area contributed by atoms with Gasteiger partial charge in [-0.25, -0.2) is 0 Å². The minimum Gasteiger partial charge on any atom is -0.467 e. The van der Waals surface area contributed by atoms with Gasteiger partial charge in [0.15, 0.2) is 12.3 Å². The van der Waals surface area contributed by atoms with Gasteiger partial charge in [-0.15, -0.1) is 5.23 Å². The molecule has 0 saturated heterocycles. The molecule has 1 aromatic heterocycles. The first-order valence-electron chi connectivity index (χ1n) is 9.92. The van der Waals surface area contributed by atoms with Crippen LogP contribution in [-0.4, -0.2) is 55.6 Å². The number of nitrogens with zero attached hydrogens (tertiary/aromatic N) is 3. The summed E-state index contributed by atoms with van der Waals surface area (Å²) in [6.07, 6.45) is -6.17. The summed E-state index contributed by atoms with van der Waals surface area (Å²) < 4.78 is 45.7. The number of amides is 1. The molecule has 188 valence electrons. The topological polar surface area (TPSA) is 140 Å². The number of aromatic nitrogens is 2. The zero-order valence-corrected chi connectivity index (χ0v) is 18.5. The summed E-state index contributed by atoms with van der Waals surface area (Å²) in [5.74, 6) is -1.26. The van der Waals surface area contributed by atoms with E-state index in [0.29, 0.717) is 6.07 Å². The number of para-hydroxylation sites is 1. The van der Waals surface area contributed by atoms with Crippen molar-refractivity contribution in [2.24, 2.45) is 0 Å². The number of hydrogen-bond donors (Lipinski definition) is 5. The third-order valence-electron chi connectivity index (χ3n) is 4.79. The highest BCUT2D eigenvalue weighted by molar-refractivity contribution is 6.32. The van der Waals surface area contributed by atoms with Crippen molar-refractivity contribution in [2.75, 3.05) is 18.4 Å². The highest BCUT2D eigenvalue weighted by Gasteiger charge is 2.36. The van der Waals surface area contributed by atoms with E-state index < -0.39 is 49.0 Å². The van der Waals surface area contributed by atoms with Crippen LogP contribution >= 0.6 is 11.6 Å². The van der Waals surface area contributed by atoms with Gasteiger partial charge in [0.1, 0.15) is 6.10 Å². The summed E-state index contributed by atoms with van der Waals surface area (Å²) in [5.41, 5.74) is -0.921. The van der Waals surface area contributed by atoms with E-state index in [1.807, 2.05) is 0 Å². The molecule has 10 nitrogen and oxygen atoms in total. The van der Waals surface area contributed by atoms with Crippen LogP contribution in [0.4, 0.5) is 18.9 Å². The maximum Gasteiger partial charge on any atom is 0.435 e. The summed E-state index contributed by atoms with van der Waals surface area (Å²) in [6, 6.07) is 10.6. The van der Waals surface area contributed by atoms with Gasteiger partial charge < -0.3 is 20.3 Å². The molecule has 5 N–H and O–H groups in total. The molecule has 0 aliphatic rings. The van der Waals surface area contributed by atoms with Crippen LogP contribution in [-0.2, 0) is 11.0 Å². The summed E-state index contributed by atoms with van der Waals surface area (Å²) in [7, 11) is 0. The van der Waals surface area contributed by atoms with Crippen molar-refractivity contribution in [2.45, 2.75) is 18.3 Å².